The number of aromatic nitrogens is 4. The molecule has 0 aromatic carbocycles. The van der Waals surface area contributed by atoms with Gasteiger partial charge in [-0.15, -0.1) is 10.2 Å². The van der Waals surface area contributed by atoms with Gasteiger partial charge in [0.25, 0.3) is 0 Å². The van der Waals surface area contributed by atoms with Crippen LogP contribution in [0.4, 0.5) is 5.82 Å². The van der Waals surface area contributed by atoms with E-state index in [9.17, 15) is 4.79 Å². The van der Waals surface area contributed by atoms with Crippen molar-refractivity contribution in [1.29, 1.82) is 0 Å². The van der Waals surface area contributed by atoms with E-state index in [0.717, 1.165) is 0 Å². The Balaban J connectivity index is 1.91. The van der Waals surface area contributed by atoms with Gasteiger partial charge in [-0.3, -0.25) is 9.20 Å². The number of nitrogens with zero attached hydrogens (tertiary/aromatic N) is 5. The standard InChI is InChI=1S/C9H9N5O2/c15-9(16)6-3-14(4-6)7-8-12-11-5-13(8)2-1-10-7/h1-2,5-6H,3-4H2,(H,15,16). The van der Waals surface area contributed by atoms with Gasteiger partial charge in [-0.2, -0.15) is 0 Å². The van der Waals surface area contributed by atoms with Crippen molar-refractivity contribution in [2.75, 3.05) is 18.0 Å². The van der Waals surface area contributed by atoms with Crippen molar-refractivity contribution >= 4 is 17.4 Å². The summed E-state index contributed by atoms with van der Waals surface area (Å²) in [5, 5.41) is 16.5. The van der Waals surface area contributed by atoms with E-state index in [0.29, 0.717) is 24.6 Å². The molecule has 7 heteroatoms. The van der Waals surface area contributed by atoms with Gasteiger partial charge >= 0.3 is 5.97 Å². The first kappa shape index (κ1) is 9.08. The lowest BCUT2D eigenvalue weighted by atomic mass is 10.0. The summed E-state index contributed by atoms with van der Waals surface area (Å²) in [5.41, 5.74) is 0.659. The molecule has 1 fully saturated rings. The first-order chi connectivity index (χ1) is 7.75. The highest BCUT2D eigenvalue weighted by atomic mass is 16.4. The van der Waals surface area contributed by atoms with Crippen LogP contribution in [0.3, 0.4) is 0 Å². The van der Waals surface area contributed by atoms with Gasteiger partial charge in [0, 0.05) is 25.5 Å². The lowest BCUT2D eigenvalue weighted by molar-refractivity contribution is -0.142. The highest BCUT2D eigenvalue weighted by Crippen LogP contribution is 2.25. The Kier molecular flexibility index (Phi) is 1.79. The van der Waals surface area contributed by atoms with Gasteiger partial charge in [-0.05, 0) is 0 Å². The van der Waals surface area contributed by atoms with Crippen LogP contribution in [-0.2, 0) is 4.79 Å². The van der Waals surface area contributed by atoms with Crippen LogP contribution >= 0.6 is 0 Å². The minimum Gasteiger partial charge on any atom is -0.481 e. The van der Waals surface area contributed by atoms with Crippen LogP contribution in [0.15, 0.2) is 18.7 Å². The lowest BCUT2D eigenvalue weighted by Crippen LogP contribution is -2.51. The van der Waals surface area contributed by atoms with Crippen LogP contribution in [0.25, 0.3) is 5.65 Å². The average molecular weight is 219 g/mol. The first-order valence-electron chi connectivity index (χ1n) is 4.88. The predicted octanol–water partition coefficient (Wildman–Crippen LogP) is -0.355. The van der Waals surface area contributed by atoms with Crippen molar-refractivity contribution in [3.8, 4) is 0 Å². The summed E-state index contributed by atoms with van der Waals surface area (Å²) in [6.07, 6.45) is 5.00. The number of hydrogen-bond donors (Lipinski definition) is 1. The van der Waals surface area contributed by atoms with Crippen LogP contribution < -0.4 is 4.90 Å². The normalized spacial score (nSPS) is 16.4. The number of carboxylic acids is 1. The number of rotatable bonds is 2. The summed E-state index contributed by atoms with van der Waals surface area (Å²) in [6.45, 7) is 0.962. The third kappa shape index (κ3) is 1.21. The van der Waals surface area contributed by atoms with Gasteiger partial charge in [0.2, 0.25) is 5.65 Å². The Morgan fingerprint density at radius 3 is 3.06 bits per heavy atom. The molecular formula is C9H9N5O2. The molecule has 0 radical (unpaired) electrons. The number of aliphatic carboxylic acids is 1. The molecule has 2 aromatic heterocycles. The molecule has 0 atom stereocenters. The second kappa shape index (κ2) is 3.16. The third-order valence-electron chi connectivity index (χ3n) is 2.73. The highest BCUT2D eigenvalue weighted by molar-refractivity contribution is 5.76. The van der Waals surface area contributed by atoms with Gasteiger partial charge in [0.1, 0.15) is 6.33 Å². The molecule has 0 bridgehead atoms. The van der Waals surface area contributed by atoms with Crippen LogP contribution in [0.1, 0.15) is 0 Å². The molecule has 82 valence electrons. The molecule has 0 spiro atoms. The number of anilines is 1. The number of hydrogen-bond acceptors (Lipinski definition) is 5. The Hall–Kier alpha value is -2.18. The Morgan fingerprint density at radius 2 is 2.31 bits per heavy atom. The van der Waals surface area contributed by atoms with Crippen LogP contribution in [0.2, 0.25) is 0 Å². The SMILES string of the molecule is O=C(O)C1CN(c2nccn3cnnc23)C1. The number of fused-ring (bicyclic) bond motifs is 1. The van der Waals surface area contributed by atoms with Gasteiger partial charge < -0.3 is 10.0 Å². The fourth-order valence-electron chi connectivity index (χ4n) is 1.78. The largest absolute Gasteiger partial charge is 0.481 e. The Bertz CT molecular complexity index is 546. The highest BCUT2D eigenvalue weighted by Gasteiger charge is 2.34. The van der Waals surface area contributed by atoms with Gasteiger partial charge in [-0.25, -0.2) is 4.98 Å². The van der Waals surface area contributed by atoms with Crippen molar-refractivity contribution < 1.29 is 9.90 Å². The molecular weight excluding hydrogens is 210 g/mol. The number of carboxylic acid groups (broad SMARTS) is 1. The molecule has 3 rings (SSSR count). The summed E-state index contributed by atoms with van der Waals surface area (Å²) in [6, 6.07) is 0. The van der Waals surface area contributed by atoms with E-state index in [2.05, 4.69) is 15.2 Å². The van der Waals surface area contributed by atoms with E-state index in [1.165, 1.54) is 0 Å². The zero-order chi connectivity index (χ0) is 11.1. The van der Waals surface area contributed by atoms with Crippen LogP contribution in [0, 0.1) is 5.92 Å². The van der Waals surface area contributed by atoms with E-state index in [1.54, 1.807) is 23.1 Å². The molecule has 0 aliphatic carbocycles. The van der Waals surface area contributed by atoms with Crippen molar-refractivity contribution in [3.05, 3.63) is 18.7 Å². The summed E-state index contributed by atoms with van der Waals surface area (Å²) in [5.74, 6) is -0.368. The summed E-state index contributed by atoms with van der Waals surface area (Å²) in [4.78, 5) is 16.8. The quantitative estimate of drug-likeness (QED) is 0.743. The van der Waals surface area contributed by atoms with E-state index in [4.69, 9.17) is 5.11 Å². The molecule has 0 unspecified atom stereocenters. The molecule has 0 saturated carbocycles. The van der Waals surface area contributed by atoms with E-state index in [1.807, 2.05) is 4.90 Å². The minimum absolute atomic E-state index is 0.301. The van der Waals surface area contributed by atoms with E-state index >= 15 is 0 Å². The fraction of sp³-hybridized carbons (Fsp3) is 0.333. The van der Waals surface area contributed by atoms with Crippen molar-refractivity contribution in [1.82, 2.24) is 19.6 Å². The molecule has 2 aromatic rings. The number of carbonyl (C=O) groups is 1. The lowest BCUT2D eigenvalue weighted by Gasteiger charge is -2.37. The molecule has 0 amide bonds. The van der Waals surface area contributed by atoms with Gasteiger partial charge in [0.05, 0.1) is 5.92 Å². The molecule has 1 N–H and O–H groups in total. The summed E-state index contributed by atoms with van der Waals surface area (Å²) >= 11 is 0. The average Bonchev–Trinajstić information content (AvgIpc) is 2.63. The predicted molar refractivity (Wildman–Crippen MR) is 54.1 cm³/mol. The molecule has 1 aliphatic heterocycles. The van der Waals surface area contributed by atoms with Crippen molar-refractivity contribution in [2.45, 2.75) is 0 Å². The van der Waals surface area contributed by atoms with Crippen molar-refractivity contribution in [2.24, 2.45) is 5.92 Å². The Morgan fingerprint density at radius 1 is 1.50 bits per heavy atom. The van der Waals surface area contributed by atoms with Crippen LogP contribution in [-0.4, -0.2) is 43.7 Å². The van der Waals surface area contributed by atoms with Crippen LogP contribution in [0.5, 0.6) is 0 Å². The van der Waals surface area contributed by atoms with Gasteiger partial charge in [-0.1, -0.05) is 0 Å². The van der Waals surface area contributed by atoms with Crippen molar-refractivity contribution in [3.63, 3.8) is 0 Å². The van der Waals surface area contributed by atoms with E-state index in [-0.39, 0.29) is 5.92 Å². The van der Waals surface area contributed by atoms with E-state index < -0.39 is 5.97 Å². The topological polar surface area (TPSA) is 83.6 Å². The third-order valence-corrected chi connectivity index (χ3v) is 2.73. The zero-order valence-electron chi connectivity index (χ0n) is 8.32. The smallest absolute Gasteiger partial charge is 0.310 e. The molecule has 1 aliphatic rings. The molecule has 7 nitrogen and oxygen atoms in total. The minimum atomic E-state index is -0.760. The second-order valence-corrected chi connectivity index (χ2v) is 3.75. The monoisotopic (exact) mass is 219 g/mol. The zero-order valence-corrected chi connectivity index (χ0v) is 8.32. The maximum absolute atomic E-state index is 10.7. The maximum Gasteiger partial charge on any atom is 0.310 e. The maximum atomic E-state index is 10.7. The Labute approximate surface area is 90.3 Å². The first-order valence-corrected chi connectivity index (χ1v) is 4.88. The second-order valence-electron chi connectivity index (χ2n) is 3.75. The summed E-state index contributed by atoms with van der Waals surface area (Å²) < 4.78 is 1.76. The fourth-order valence-corrected chi connectivity index (χ4v) is 1.78. The molecule has 1 saturated heterocycles. The summed E-state index contributed by atoms with van der Waals surface area (Å²) in [7, 11) is 0. The van der Waals surface area contributed by atoms with Gasteiger partial charge in [0.15, 0.2) is 5.82 Å². The molecule has 16 heavy (non-hydrogen) atoms. The molecule has 3 heterocycles.